The lowest BCUT2D eigenvalue weighted by Gasteiger charge is -2.00. The molecule has 0 aromatic carbocycles. The standard InChI is InChI=1S/C14H18N4O3S2/c1-5-15-13-17-18-14(23-13)22-6-9(19)11-7(2)10(8(3)16-11)12(20)21-4/h16H,5-6H2,1-4H3,(H,15,17). The van der Waals surface area contributed by atoms with Gasteiger partial charge in [0.05, 0.1) is 24.1 Å². The van der Waals surface area contributed by atoms with E-state index < -0.39 is 5.97 Å². The summed E-state index contributed by atoms with van der Waals surface area (Å²) in [6, 6.07) is 0. The summed E-state index contributed by atoms with van der Waals surface area (Å²) in [5.74, 6) is -0.310. The van der Waals surface area contributed by atoms with E-state index in [2.05, 4.69) is 20.5 Å². The number of carbonyl (C=O) groups is 2. The molecule has 2 rings (SSSR count). The fourth-order valence-corrected chi connectivity index (χ4v) is 3.82. The number of ether oxygens (including phenoxy) is 1. The van der Waals surface area contributed by atoms with Crippen LogP contribution in [0, 0.1) is 13.8 Å². The molecule has 0 aliphatic heterocycles. The third kappa shape index (κ3) is 3.91. The summed E-state index contributed by atoms with van der Waals surface area (Å²) in [4.78, 5) is 27.1. The number of hydrogen-bond acceptors (Lipinski definition) is 8. The molecule has 0 saturated heterocycles. The zero-order valence-corrected chi connectivity index (χ0v) is 15.0. The fourth-order valence-electron chi connectivity index (χ4n) is 2.13. The molecule has 0 radical (unpaired) electrons. The number of aromatic nitrogens is 3. The van der Waals surface area contributed by atoms with E-state index in [9.17, 15) is 9.59 Å². The number of aromatic amines is 1. The summed E-state index contributed by atoms with van der Waals surface area (Å²) in [5.41, 5.74) is 2.11. The number of anilines is 1. The zero-order valence-electron chi connectivity index (χ0n) is 13.3. The molecule has 0 amide bonds. The summed E-state index contributed by atoms with van der Waals surface area (Å²) in [6.07, 6.45) is 0. The van der Waals surface area contributed by atoms with Gasteiger partial charge in [-0.1, -0.05) is 23.1 Å². The summed E-state index contributed by atoms with van der Waals surface area (Å²) >= 11 is 2.74. The van der Waals surface area contributed by atoms with Crippen LogP contribution in [0.4, 0.5) is 5.13 Å². The Hall–Kier alpha value is -1.87. The number of ketones is 1. The Morgan fingerprint density at radius 1 is 1.35 bits per heavy atom. The Morgan fingerprint density at radius 2 is 2.09 bits per heavy atom. The highest BCUT2D eigenvalue weighted by Gasteiger charge is 2.22. The maximum absolute atomic E-state index is 12.4. The van der Waals surface area contributed by atoms with E-state index in [-0.39, 0.29) is 11.5 Å². The van der Waals surface area contributed by atoms with E-state index >= 15 is 0 Å². The van der Waals surface area contributed by atoms with Gasteiger partial charge in [0.15, 0.2) is 10.1 Å². The summed E-state index contributed by atoms with van der Waals surface area (Å²) in [5, 5.41) is 11.8. The topological polar surface area (TPSA) is 97.0 Å². The molecule has 124 valence electrons. The number of nitrogens with zero attached hydrogens (tertiary/aromatic N) is 2. The molecule has 0 atom stereocenters. The molecule has 0 unspecified atom stereocenters. The predicted molar refractivity (Wildman–Crippen MR) is 90.7 cm³/mol. The van der Waals surface area contributed by atoms with Gasteiger partial charge in [-0.25, -0.2) is 4.79 Å². The van der Waals surface area contributed by atoms with E-state index in [1.807, 2.05) is 6.92 Å². The number of thioether (sulfide) groups is 1. The van der Waals surface area contributed by atoms with Crippen LogP contribution in [0.5, 0.6) is 0 Å². The molecule has 2 aromatic rings. The molecule has 0 aliphatic carbocycles. The molecule has 2 N–H and O–H groups in total. The molecular weight excluding hydrogens is 336 g/mol. The second kappa shape index (κ2) is 7.60. The highest BCUT2D eigenvalue weighted by atomic mass is 32.2. The van der Waals surface area contributed by atoms with E-state index in [4.69, 9.17) is 4.74 Å². The van der Waals surface area contributed by atoms with Crippen LogP contribution in [-0.2, 0) is 4.74 Å². The average molecular weight is 354 g/mol. The quantitative estimate of drug-likeness (QED) is 0.448. The minimum absolute atomic E-state index is 0.0917. The number of methoxy groups -OCH3 is 1. The molecule has 0 bridgehead atoms. The van der Waals surface area contributed by atoms with Crippen LogP contribution >= 0.6 is 23.1 Å². The van der Waals surface area contributed by atoms with Gasteiger partial charge in [0.2, 0.25) is 5.13 Å². The molecular formula is C14H18N4O3S2. The van der Waals surface area contributed by atoms with Gasteiger partial charge < -0.3 is 15.0 Å². The number of esters is 1. The van der Waals surface area contributed by atoms with Gasteiger partial charge >= 0.3 is 5.97 Å². The third-order valence-corrected chi connectivity index (χ3v) is 5.18. The minimum atomic E-state index is -0.442. The first-order valence-corrected chi connectivity index (χ1v) is 8.79. The van der Waals surface area contributed by atoms with Gasteiger partial charge in [-0.3, -0.25) is 4.79 Å². The number of aryl methyl sites for hydroxylation is 1. The van der Waals surface area contributed by atoms with Crippen molar-refractivity contribution >= 4 is 40.0 Å². The van der Waals surface area contributed by atoms with Gasteiger partial charge in [0.25, 0.3) is 0 Å². The Labute approximate surface area is 142 Å². The Bertz CT molecular complexity index is 724. The lowest BCUT2D eigenvalue weighted by atomic mass is 10.1. The third-order valence-electron chi connectivity index (χ3n) is 3.17. The lowest BCUT2D eigenvalue weighted by molar-refractivity contribution is 0.0599. The Kier molecular flexibility index (Phi) is 5.78. The lowest BCUT2D eigenvalue weighted by Crippen LogP contribution is -2.07. The van der Waals surface area contributed by atoms with Crippen LogP contribution in [-0.4, -0.2) is 46.3 Å². The van der Waals surface area contributed by atoms with Crippen LogP contribution in [0.15, 0.2) is 4.34 Å². The molecule has 7 nitrogen and oxygen atoms in total. The van der Waals surface area contributed by atoms with Gasteiger partial charge in [-0.05, 0) is 26.3 Å². The van der Waals surface area contributed by atoms with Crippen molar-refractivity contribution in [3.63, 3.8) is 0 Å². The first-order chi connectivity index (χ1) is 11.0. The van der Waals surface area contributed by atoms with E-state index in [0.717, 1.165) is 16.0 Å². The number of nitrogens with one attached hydrogen (secondary N) is 2. The monoisotopic (exact) mass is 354 g/mol. The molecule has 0 saturated carbocycles. The maximum atomic E-state index is 12.4. The van der Waals surface area contributed by atoms with Crippen LogP contribution in [0.25, 0.3) is 0 Å². The number of rotatable bonds is 7. The largest absolute Gasteiger partial charge is 0.465 e. The SMILES string of the molecule is CCNc1nnc(SCC(=O)c2[nH]c(C)c(C(=O)OC)c2C)s1. The zero-order chi connectivity index (χ0) is 17.0. The Morgan fingerprint density at radius 3 is 2.74 bits per heavy atom. The fraction of sp³-hybridized carbons (Fsp3) is 0.429. The number of carbonyl (C=O) groups excluding carboxylic acids is 2. The summed E-state index contributed by atoms with van der Waals surface area (Å²) in [6.45, 7) is 6.24. The van der Waals surface area contributed by atoms with Gasteiger partial charge in [0, 0.05) is 12.2 Å². The van der Waals surface area contributed by atoms with Gasteiger partial charge in [0.1, 0.15) is 0 Å². The highest BCUT2D eigenvalue weighted by molar-refractivity contribution is 8.01. The average Bonchev–Trinajstić information content (AvgIpc) is 3.09. The van der Waals surface area contributed by atoms with Crippen LogP contribution in [0.2, 0.25) is 0 Å². The predicted octanol–water partition coefficient (Wildman–Crippen LogP) is 2.68. The van der Waals surface area contributed by atoms with Crippen molar-refractivity contribution in [1.29, 1.82) is 0 Å². The van der Waals surface area contributed by atoms with Crippen molar-refractivity contribution in [2.24, 2.45) is 0 Å². The van der Waals surface area contributed by atoms with Gasteiger partial charge in [-0.15, -0.1) is 10.2 Å². The number of H-pyrrole nitrogens is 1. The second-order valence-corrected chi connectivity index (χ2v) is 6.93. The summed E-state index contributed by atoms with van der Waals surface area (Å²) < 4.78 is 5.47. The highest BCUT2D eigenvalue weighted by Crippen LogP contribution is 2.27. The molecule has 0 spiro atoms. The van der Waals surface area contributed by atoms with Crippen molar-refractivity contribution in [2.75, 3.05) is 24.7 Å². The second-order valence-electron chi connectivity index (χ2n) is 4.73. The number of Topliss-reactive ketones (excluding diaryl/α,β-unsaturated/α-hetero) is 1. The first kappa shape index (κ1) is 17.5. The van der Waals surface area contributed by atoms with Crippen molar-refractivity contribution in [3.8, 4) is 0 Å². The van der Waals surface area contributed by atoms with E-state index in [0.29, 0.717) is 22.5 Å². The molecule has 2 heterocycles. The van der Waals surface area contributed by atoms with Gasteiger partial charge in [-0.2, -0.15) is 0 Å². The van der Waals surface area contributed by atoms with Crippen molar-refractivity contribution in [2.45, 2.75) is 25.1 Å². The van der Waals surface area contributed by atoms with Crippen LogP contribution in [0.3, 0.4) is 0 Å². The molecule has 0 fully saturated rings. The normalized spacial score (nSPS) is 10.6. The van der Waals surface area contributed by atoms with Crippen molar-refractivity contribution in [1.82, 2.24) is 15.2 Å². The Balaban J connectivity index is 2.07. The molecule has 9 heteroatoms. The van der Waals surface area contributed by atoms with Crippen LogP contribution < -0.4 is 5.32 Å². The molecule has 23 heavy (non-hydrogen) atoms. The number of hydrogen-bond donors (Lipinski definition) is 2. The van der Waals surface area contributed by atoms with Crippen molar-refractivity contribution in [3.05, 3.63) is 22.5 Å². The maximum Gasteiger partial charge on any atom is 0.339 e. The molecule has 2 aromatic heterocycles. The van der Waals surface area contributed by atoms with E-state index in [1.54, 1.807) is 13.8 Å². The molecule has 0 aliphatic rings. The van der Waals surface area contributed by atoms with Crippen LogP contribution in [0.1, 0.15) is 39.0 Å². The van der Waals surface area contributed by atoms with Crippen molar-refractivity contribution < 1.29 is 14.3 Å². The smallest absolute Gasteiger partial charge is 0.339 e. The minimum Gasteiger partial charge on any atom is -0.465 e. The first-order valence-electron chi connectivity index (χ1n) is 6.98. The van der Waals surface area contributed by atoms with E-state index in [1.165, 1.54) is 30.2 Å². The summed E-state index contributed by atoms with van der Waals surface area (Å²) in [7, 11) is 1.32.